The van der Waals surface area contributed by atoms with E-state index in [1.165, 1.54) is 6.21 Å². The van der Waals surface area contributed by atoms with Crippen molar-refractivity contribution < 1.29 is 14.3 Å². The predicted octanol–water partition coefficient (Wildman–Crippen LogP) is 3.51. The number of aromatic nitrogens is 2. The summed E-state index contributed by atoms with van der Waals surface area (Å²) >= 11 is 6.15. The first-order chi connectivity index (χ1) is 13.1. The Hall–Kier alpha value is -3.32. The second-order valence-electron chi connectivity index (χ2n) is 5.46. The molecule has 2 aromatic carbocycles. The molecule has 0 saturated carbocycles. The van der Waals surface area contributed by atoms with Gasteiger partial charge in [0.05, 0.1) is 31.2 Å². The van der Waals surface area contributed by atoms with Crippen LogP contribution < -0.4 is 14.9 Å². The van der Waals surface area contributed by atoms with Crippen LogP contribution in [0.25, 0.3) is 11.3 Å². The largest absolute Gasteiger partial charge is 0.493 e. The van der Waals surface area contributed by atoms with Crippen LogP contribution >= 0.6 is 11.6 Å². The number of nitrogens with one attached hydrogen (secondary N) is 2. The lowest BCUT2D eigenvalue weighted by atomic mass is 10.1. The fourth-order valence-corrected chi connectivity index (χ4v) is 2.64. The van der Waals surface area contributed by atoms with E-state index in [2.05, 4.69) is 20.7 Å². The number of hydrazone groups is 1. The summed E-state index contributed by atoms with van der Waals surface area (Å²) in [6, 6.07) is 14.2. The molecule has 3 aromatic rings. The number of hydrogen-bond acceptors (Lipinski definition) is 5. The molecule has 0 saturated heterocycles. The maximum atomic E-state index is 12.2. The minimum absolute atomic E-state index is 0.273. The SMILES string of the molecule is COc1ccc(C=NNC(=O)c2cc(-c3ccccc3Cl)n[nH]2)cc1OC. The van der Waals surface area contributed by atoms with Crippen molar-refractivity contribution >= 4 is 23.7 Å². The summed E-state index contributed by atoms with van der Waals surface area (Å²) in [4.78, 5) is 12.2. The lowest BCUT2D eigenvalue weighted by Gasteiger charge is -2.07. The summed E-state index contributed by atoms with van der Waals surface area (Å²) in [5, 5.41) is 11.3. The third-order valence-electron chi connectivity index (χ3n) is 3.76. The van der Waals surface area contributed by atoms with Crippen LogP contribution in [0.2, 0.25) is 5.02 Å². The maximum absolute atomic E-state index is 12.2. The summed E-state index contributed by atoms with van der Waals surface area (Å²) in [6.45, 7) is 0. The Kier molecular flexibility index (Phi) is 5.73. The summed E-state index contributed by atoms with van der Waals surface area (Å²) < 4.78 is 10.4. The van der Waals surface area contributed by atoms with E-state index >= 15 is 0 Å². The van der Waals surface area contributed by atoms with Gasteiger partial charge in [0, 0.05) is 5.56 Å². The number of methoxy groups -OCH3 is 2. The standard InChI is InChI=1S/C19H17ClN4O3/c1-26-17-8-7-12(9-18(17)27-2)11-21-24-19(25)16-10-15(22-23-16)13-5-3-4-6-14(13)20/h3-11H,1-2H3,(H,22,23)(H,24,25). The highest BCUT2D eigenvalue weighted by Gasteiger charge is 2.12. The van der Waals surface area contributed by atoms with Crippen LogP contribution in [0.15, 0.2) is 53.6 Å². The van der Waals surface area contributed by atoms with Crippen molar-refractivity contribution in [2.45, 2.75) is 0 Å². The molecule has 3 rings (SSSR count). The van der Waals surface area contributed by atoms with Gasteiger partial charge >= 0.3 is 0 Å². The van der Waals surface area contributed by atoms with Gasteiger partial charge in [0.15, 0.2) is 11.5 Å². The normalized spacial score (nSPS) is 10.8. The van der Waals surface area contributed by atoms with Gasteiger partial charge < -0.3 is 9.47 Å². The first-order valence-corrected chi connectivity index (χ1v) is 8.36. The Labute approximate surface area is 161 Å². The fourth-order valence-electron chi connectivity index (χ4n) is 2.40. The van der Waals surface area contributed by atoms with Crippen LogP contribution in [0.5, 0.6) is 11.5 Å². The number of hydrogen-bond donors (Lipinski definition) is 2. The van der Waals surface area contributed by atoms with Gasteiger partial charge in [0.25, 0.3) is 5.91 Å². The molecule has 0 bridgehead atoms. The number of carbonyl (C=O) groups excluding carboxylic acids is 1. The maximum Gasteiger partial charge on any atom is 0.289 e. The Bertz CT molecular complexity index is 985. The van der Waals surface area contributed by atoms with Gasteiger partial charge in [-0.1, -0.05) is 29.8 Å². The van der Waals surface area contributed by atoms with E-state index in [0.717, 1.165) is 11.1 Å². The molecule has 0 aliphatic carbocycles. The van der Waals surface area contributed by atoms with Crippen molar-refractivity contribution in [1.82, 2.24) is 15.6 Å². The minimum Gasteiger partial charge on any atom is -0.493 e. The van der Waals surface area contributed by atoms with Gasteiger partial charge in [-0.25, -0.2) is 5.43 Å². The molecule has 0 radical (unpaired) electrons. The molecule has 0 atom stereocenters. The van der Waals surface area contributed by atoms with E-state index in [1.54, 1.807) is 44.6 Å². The van der Waals surface area contributed by atoms with Crippen molar-refractivity contribution in [2.24, 2.45) is 5.10 Å². The fraction of sp³-hybridized carbons (Fsp3) is 0.105. The number of carbonyl (C=O) groups is 1. The van der Waals surface area contributed by atoms with Crippen LogP contribution in [0.1, 0.15) is 16.1 Å². The highest BCUT2D eigenvalue weighted by atomic mass is 35.5. The zero-order chi connectivity index (χ0) is 19.2. The Balaban J connectivity index is 1.68. The van der Waals surface area contributed by atoms with Crippen LogP contribution in [-0.2, 0) is 0 Å². The van der Waals surface area contributed by atoms with Gasteiger partial charge in [-0.3, -0.25) is 9.89 Å². The molecule has 2 N–H and O–H groups in total. The quantitative estimate of drug-likeness (QED) is 0.502. The highest BCUT2D eigenvalue weighted by molar-refractivity contribution is 6.33. The van der Waals surface area contributed by atoms with Crippen molar-refractivity contribution in [2.75, 3.05) is 14.2 Å². The third kappa shape index (κ3) is 4.27. The number of rotatable bonds is 6. The monoisotopic (exact) mass is 384 g/mol. The molecule has 0 unspecified atom stereocenters. The number of ether oxygens (including phenoxy) is 2. The summed E-state index contributed by atoms with van der Waals surface area (Å²) in [7, 11) is 3.11. The molecule has 7 nitrogen and oxygen atoms in total. The Morgan fingerprint density at radius 1 is 1.15 bits per heavy atom. The molecule has 1 amide bonds. The van der Waals surface area contributed by atoms with Crippen molar-refractivity contribution in [1.29, 1.82) is 0 Å². The molecule has 0 aliphatic rings. The molecular formula is C19H17ClN4O3. The minimum atomic E-state index is -0.419. The molecule has 27 heavy (non-hydrogen) atoms. The van der Waals surface area contributed by atoms with Gasteiger partial charge in [-0.2, -0.15) is 10.2 Å². The summed E-state index contributed by atoms with van der Waals surface area (Å²) in [5.74, 6) is 0.770. The van der Waals surface area contributed by atoms with Crippen molar-refractivity contribution in [3.05, 3.63) is 64.8 Å². The van der Waals surface area contributed by atoms with Gasteiger partial charge in [0.2, 0.25) is 0 Å². The molecule has 1 heterocycles. The summed E-state index contributed by atoms with van der Waals surface area (Å²) in [5.41, 5.74) is 4.78. The molecular weight excluding hydrogens is 368 g/mol. The van der Waals surface area contributed by atoms with E-state index in [9.17, 15) is 4.79 Å². The van der Waals surface area contributed by atoms with E-state index in [4.69, 9.17) is 21.1 Å². The second kappa shape index (κ2) is 8.37. The summed E-state index contributed by atoms with van der Waals surface area (Å²) in [6.07, 6.45) is 1.51. The van der Waals surface area contributed by atoms with Crippen LogP contribution in [-0.4, -0.2) is 36.5 Å². The van der Waals surface area contributed by atoms with Crippen LogP contribution in [0, 0.1) is 0 Å². The second-order valence-corrected chi connectivity index (χ2v) is 5.87. The first-order valence-electron chi connectivity index (χ1n) is 7.98. The van der Waals surface area contributed by atoms with Crippen molar-refractivity contribution in [3.63, 3.8) is 0 Å². The smallest absolute Gasteiger partial charge is 0.289 e. The van der Waals surface area contributed by atoms with Gasteiger partial charge in [-0.15, -0.1) is 0 Å². The van der Waals surface area contributed by atoms with Crippen molar-refractivity contribution in [3.8, 4) is 22.8 Å². The zero-order valence-corrected chi connectivity index (χ0v) is 15.4. The van der Waals surface area contributed by atoms with E-state index < -0.39 is 5.91 Å². The zero-order valence-electron chi connectivity index (χ0n) is 14.7. The van der Waals surface area contributed by atoms with Crippen LogP contribution in [0.4, 0.5) is 0 Å². The molecule has 8 heteroatoms. The van der Waals surface area contributed by atoms with E-state index in [1.807, 2.05) is 18.2 Å². The number of aromatic amines is 1. The lowest BCUT2D eigenvalue weighted by molar-refractivity contribution is 0.0950. The topological polar surface area (TPSA) is 88.6 Å². The number of benzene rings is 2. The van der Waals surface area contributed by atoms with Gasteiger partial charge in [0.1, 0.15) is 5.69 Å². The van der Waals surface area contributed by atoms with Gasteiger partial charge in [-0.05, 0) is 35.9 Å². The molecule has 138 valence electrons. The van der Waals surface area contributed by atoms with E-state index in [0.29, 0.717) is 22.2 Å². The average Bonchev–Trinajstić information content (AvgIpc) is 3.18. The number of halogens is 1. The number of nitrogens with zero attached hydrogens (tertiary/aromatic N) is 2. The molecule has 0 fully saturated rings. The lowest BCUT2D eigenvalue weighted by Crippen LogP contribution is -2.18. The average molecular weight is 385 g/mol. The van der Waals surface area contributed by atoms with E-state index in [-0.39, 0.29) is 5.69 Å². The van der Waals surface area contributed by atoms with Crippen LogP contribution in [0.3, 0.4) is 0 Å². The number of amides is 1. The highest BCUT2D eigenvalue weighted by Crippen LogP contribution is 2.27. The Morgan fingerprint density at radius 3 is 2.67 bits per heavy atom. The first kappa shape index (κ1) is 18.5. The predicted molar refractivity (Wildman–Crippen MR) is 104 cm³/mol. The third-order valence-corrected chi connectivity index (χ3v) is 4.09. The Morgan fingerprint density at radius 2 is 1.93 bits per heavy atom. The molecule has 0 aliphatic heterocycles. The molecule has 0 spiro atoms. The number of H-pyrrole nitrogens is 1. The molecule has 1 aromatic heterocycles.